The highest BCUT2D eigenvalue weighted by Crippen LogP contribution is 2.38. The lowest BCUT2D eigenvalue weighted by molar-refractivity contribution is -0.111. The number of nitrogens with one attached hydrogen (secondary N) is 2. The zero-order valence-corrected chi connectivity index (χ0v) is 17.7. The summed E-state index contributed by atoms with van der Waals surface area (Å²) in [6, 6.07) is 8.76. The van der Waals surface area contributed by atoms with Crippen molar-refractivity contribution in [3.63, 3.8) is 0 Å². The van der Waals surface area contributed by atoms with Crippen LogP contribution in [0.2, 0.25) is 10.0 Å². The van der Waals surface area contributed by atoms with Crippen LogP contribution in [-0.2, 0) is 11.2 Å². The Morgan fingerprint density at radius 1 is 1.14 bits per heavy atom. The molecule has 0 spiro atoms. The number of fused-ring (bicyclic) bond motifs is 1. The number of benzene rings is 2. The van der Waals surface area contributed by atoms with Crippen LogP contribution in [0.25, 0.3) is 5.70 Å². The monoisotopic (exact) mass is 420 g/mol. The Labute approximate surface area is 174 Å². The second-order valence-electron chi connectivity index (χ2n) is 7.22. The molecule has 1 heterocycles. The first-order valence-corrected chi connectivity index (χ1v) is 9.49. The van der Waals surface area contributed by atoms with Crippen LogP contribution in [0, 0.1) is 0 Å². The molecule has 1 aliphatic heterocycles. The van der Waals surface area contributed by atoms with Crippen molar-refractivity contribution in [1.29, 1.82) is 0 Å². The number of amides is 1. The topological polar surface area (TPSA) is 59.6 Å². The van der Waals surface area contributed by atoms with Gasteiger partial charge in [-0.15, -0.1) is 0 Å². The maximum absolute atomic E-state index is 12.6. The van der Waals surface area contributed by atoms with Crippen LogP contribution in [0.1, 0.15) is 25.0 Å². The summed E-state index contributed by atoms with van der Waals surface area (Å²) >= 11 is 12.1. The van der Waals surface area contributed by atoms with Gasteiger partial charge in [-0.3, -0.25) is 4.79 Å². The molecule has 0 atom stereocenters. The van der Waals surface area contributed by atoms with Crippen LogP contribution in [0.5, 0.6) is 11.5 Å². The van der Waals surface area contributed by atoms with E-state index in [1.807, 2.05) is 12.1 Å². The summed E-state index contributed by atoms with van der Waals surface area (Å²) in [5, 5.41) is 7.10. The zero-order chi connectivity index (χ0) is 20.5. The molecule has 0 saturated heterocycles. The number of methoxy groups -OCH3 is 2. The normalized spacial score (nSPS) is 16.1. The minimum atomic E-state index is -0.301. The summed E-state index contributed by atoms with van der Waals surface area (Å²) in [5.74, 6) is 0.968. The third kappa shape index (κ3) is 4.37. The van der Waals surface area contributed by atoms with E-state index >= 15 is 0 Å². The molecule has 28 heavy (non-hydrogen) atoms. The fourth-order valence-electron chi connectivity index (χ4n) is 3.27. The number of carbonyl (C=O) groups excluding carboxylic acids is 1. The van der Waals surface area contributed by atoms with E-state index in [2.05, 4.69) is 24.5 Å². The van der Waals surface area contributed by atoms with Crippen molar-refractivity contribution in [2.45, 2.75) is 25.8 Å². The number of rotatable bonds is 4. The minimum absolute atomic E-state index is 0.226. The lowest BCUT2D eigenvalue weighted by atomic mass is 9.85. The molecule has 2 aromatic rings. The van der Waals surface area contributed by atoms with Gasteiger partial charge < -0.3 is 20.1 Å². The van der Waals surface area contributed by atoms with Crippen molar-refractivity contribution in [3.8, 4) is 11.5 Å². The quantitative estimate of drug-likeness (QED) is 0.689. The van der Waals surface area contributed by atoms with Gasteiger partial charge >= 0.3 is 0 Å². The predicted molar refractivity (Wildman–Crippen MR) is 114 cm³/mol. The first-order chi connectivity index (χ1) is 13.2. The van der Waals surface area contributed by atoms with Crippen molar-refractivity contribution in [2.24, 2.45) is 0 Å². The molecule has 2 aromatic carbocycles. The number of anilines is 1. The van der Waals surface area contributed by atoms with Gasteiger partial charge in [-0.1, -0.05) is 23.2 Å². The summed E-state index contributed by atoms with van der Waals surface area (Å²) in [5.41, 5.74) is 2.95. The van der Waals surface area contributed by atoms with Crippen LogP contribution >= 0.6 is 23.2 Å². The molecule has 2 N–H and O–H groups in total. The van der Waals surface area contributed by atoms with Gasteiger partial charge in [0.2, 0.25) is 0 Å². The molecule has 148 valence electrons. The zero-order valence-electron chi connectivity index (χ0n) is 16.2. The van der Waals surface area contributed by atoms with Gasteiger partial charge in [0.1, 0.15) is 0 Å². The van der Waals surface area contributed by atoms with E-state index in [0.717, 1.165) is 17.5 Å². The van der Waals surface area contributed by atoms with Gasteiger partial charge in [-0.25, -0.2) is 0 Å². The van der Waals surface area contributed by atoms with E-state index in [-0.39, 0.29) is 11.4 Å². The Kier molecular flexibility index (Phi) is 5.77. The molecule has 0 aromatic heterocycles. The molecule has 0 bridgehead atoms. The van der Waals surface area contributed by atoms with Crippen LogP contribution in [0.15, 0.2) is 36.4 Å². The Morgan fingerprint density at radius 2 is 1.82 bits per heavy atom. The molecule has 0 aliphatic carbocycles. The highest BCUT2D eigenvalue weighted by atomic mass is 35.5. The van der Waals surface area contributed by atoms with Crippen molar-refractivity contribution in [2.75, 3.05) is 19.5 Å². The van der Waals surface area contributed by atoms with Crippen molar-refractivity contribution >= 4 is 40.5 Å². The van der Waals surface area contributed by atoms with Gasteiger partial charge in [0.25, 0.3) is 5.91 Å². The minimum Gasteiger partial charge on any atom is -0.493 e. The van der Waals surface area contributed by atoms with Crippen molar-refractivity contribution in [3.05, 3.63) is 57.6 Å². The SMILES string of the molecule is COc1cc2c(cc1OC)/C(=C/C(=O)Nc1ccc(Cl)cc1Cl)NC(C)(C)C2. The number of halogens is 2. The molecule has 3 rings (SSSR count). The van der Waals surface area contributed by atoms with Crippen molar-refractivity contribution in [1.82, 2.24) is 5.32 Å². The fraction of sp³-hybridized carbons (Fsp3) is 0.286. The Morgan fingerprint density at radius 3 is 2.46 bits per heavy atom. The molecule has 0 unspecified atom stereocenters. The van der Waals surface area contributed by atoms with Gasteiger partial charge in [0.05, 0.1) is 24.9 Å². The number of hydrogen-bond acceptors (Lipinski definition) is 4. The van der Waals surface area contributed by atoms with Crippen LogP contribution in [-0.4, -0.2) is 25.7 Å². The average Bonchev–Trinajstić information content (AvgIpc) is 2.62. The summed E-state index contributed by atoms with van der Waals surface area (Å²) in [7, 11) is 3.19. The molecule has 1 aliphatic rings. The van der Waals surface area contributed by atoms with Crippen LogP contribution in [0.4, 0.5) is 5.69 Å². The summed E-state index contributed by atoms with van der Waals surface area (Å²) in [4.78, 5) is 12.6. The van der Waals surface area contributed by atoms with Crippen molar-refractivity contribution < 1.29 is 14.3 Å². The molecule has 0 saturated carbocycles. The predicted octanol–water partition coefficient (Wildman–Crippen LogP) is 4.91. The maximum atomic E-state index is 12.6. The van der Waals surface area contributed by atoms with E-state index < -0.39 is 0 Å². The van der Waals surface area contributed by atoms with Crippen LogP contribution < -0.4 is 20.1 Å². The second-order valence-corrected chi connectivity index (χ2v) is 8.07. The fourth-order valence-corrected chi connectivity index (χ4v) is 3.73. The molecular weight excluding hydrogens is 399 g/mol. The first kappa shape index (κ1) is 20.4. The highest BCUT2D eigenvalue weighted by Gasteiger charge is 2.29. The number of carbonyl (C=O) groups is 1. The lowest BCUT2D eigenvalue weighted by Crippen LogP contribution is -2.44. The Bertz CT molecular complexity index is 955. The Balaban J connectivity index is 1.97. The molecule has 7 heteroatoms. The van der Waals surface area contributed by atoms with E-state index in [4.69, 9.17) is 32.7 Å². The van der Waals surface area contributed by atoms with Gasteiger partial charge in [-0.2, -0.15) is 0 Å². The molecule has 5 nitrogen and oxygen atoms in total. The van der Waals surface area contributed by atoms with Gasteiger partial charge in [0, 0.05) is 27.9 Å². The number of ether oxygens (including phenoxy) is 2. The number of hydrogen-bond donors (Lipinski definition) is 2. The van der Waals surface area contributed by atoms with E-state index in [1.165, 1.54) is 6.08 Å². The molecular formula is C21H22Cl2N2O3. The van der Waals surface area contributed by atoms with Crippen LogP contribution in [0.3, 0.4) is 0 Å². The molecule has 1 amide bonds. The van der Waals surface area contributed by atoms with Gasteiger partial charge in [-0.05, 0) is 56.2 Å². The first-order valence-electron chi connectivity index (χ1n) is 8.73. The standard InChI is InChI=1S/C21H22Cl2N2O3/c1-21(2)11-12-7-18(27-3)19(28-4)9-14(12)17(25-21)10-20(26)24-16-6-5-13(22)8-15(16)23/h5-10,25H,11H2,1-4H3,(H,24,26)/b17-10-. The lowest BCUT2D eigenvalue weighted by Gasteiger charge is -2.36. The largest absolute Gasteiger partial charge is 0.493 e. The second kappa shape index (κ2) is 7.94. The smallest absolute Gasteiger partial charge is 0.250 e. The summed E-state index contributed by atoms with van der Waals surface area (Å²) in [6.07, 6.45) is 2.31. The maximum Gasteiger partial charge on any atom is 0.250 e. The van der Waals surface area contributed by atoms with E-state index in [1.54, 1.807) is 32.4 Å². The summed E-state index contributed by atoms with van der Waals surface area (Å²) in [6.45, 7) is 4.16. The van der Waals surface area contributed by atoms with Gasteiger partial charge in [0.15, 0.2) is 11.5 Å². The van der Waals surface area contributed by atoms with E-state index in [0.29, 0.717) is 32.9 Å². The van der Waals surface area contributed by atoms with E-state index in [9.17, 15) is 4.79 Å². The summed E-state index contributed by atoms with van der Waals surface area (Å²) < 4.78 is 10.8. The Hall–Kier alpha value is -2.37. The molecule has 0 radical (unpaired) electrons. The third-order valence-corrected chi connectivity index (χ3v) is 5.02. The third-order valence-electron chi connectivity index (χ3n) is 4.47. The average molecular weight is 421 g/mol. The molecule has 0 fully saturated rings. The highest BCUT2D eigenvalue weighted by molar-refractivity contribution is 6.36.